The number of nitrogens with two attached hydrogens (primary N) is 1. The first-order chi connectivity index (χ1) is 8.94. The van der Waals surface area contributed by atoms with Crippen LogP contribution in [0.15, 0.2) is 14.7 Å². The SMILES string of the molecule is Cc1sc(Br)cc1S(=O)(=O)NC(CN)C1CCCC1.Cl. The largest absolute Gasteiger partial charge is 0.329 e. The number of rotatable bonds is 5. The van der Waals surface area contributed by atoms with Gasteiger partial charge in [0.25, 0.3) is 0 Å². The monoisotopic (exact) mass is 402 g/mol. The van der Waals surface area contributed by atoms with Crippen LogP contribution in [0, 0.1) is 12.8 Å². The second-order valence-corrected chi connectivity index (χ2v) is 9.30. The van der Waals surface area contributed by atoms with Gasteiger partial charge in [-0.25, -0.2) is 13.1 Å². The molecule has 4 nitrogen and oxygen atoms in total. The van der Waals surface area contributed by atoms with Crippen molar-refractivity contribution in [2.75, 3.05) is 6.54 Å². The first-order valence-electron chi connectivity index (χ1n) is 6.42. The highest BCUT2D eigenvalue weighted by Crippen LogP contribution is 2.31. The molecule has 1 aliphatic rings. The summed E-state index contributed by atoms with van der Waals surface area (Å²) >= 11 is 4.76. The average Bonchev–Trinajstić information content (AvgIpc) is 2.96. The summed E-state index contributed by atoms with van der Waals surface area (Å²) in [6, 6.07) is 1.51. The van der Waals surface area contributed by atoms with Gasteiger partial charge in [0.05, 0.1) is 8.68 Å². The Balaban J connectivity index is 0.00000200. The van der Waals surface area contributed by atoms with Crippen LogP contribution >= 0.6 is 39.7 Å². The highest BCUT2D eigenvalue weighted by Gasteiger charge is 2.29. The molecule has 2 rings (SSSR count). The maximum absolute atomic E-state index is 12.4. The van der Waals surface area contributed by atoms with E-state index in [0.717, 1.165) is 21.5 Å². The average molecular weight is 404 g/mol. The molecule has 0 spiro atoms. The molecule has 0 saturated heterocycles. The van der Waals surface area contributed by atoms with Crippen molar-refractivity contribution < 1.29 is 8.42 Å². The zero-order valence-corrected chi connectivity index (χ0v) is 15.3. The Labute approximate surface area is 139 Å². The van der Waals surface area contributed by atoms with Gasteiger partial charge in [-0.1, -0.05) is 12.8 Å². The van der Waals surface area contributed by atoms with Crippen LogP contribution < -0.4 is 10.5 Å². The van der Waals surface area contributed by atoms with E-state index in [1.54, 1.807) is 6.07 Å². The lowest BCUT2D eigenvalue weighted by atomic mass is 9.99. The summed E-state index contributed by atoms with van der Waals surface area (Å²) in [5, 5.41) is 0. The van der Waals surface area contributed by atoms with E-state index in [9.17, 15) is 8.42 Å². The van der Waals surface area contributed by atoms with E-state index in [1.165, 1.54) is 24.2 Å². The third-order valence-electron chi connectivity index (χ3n) is 3.66. The van der Waals surface area contributed by atoms with E-state index < -0.39 is 10.0 Å². The number of nitrogens with one attached hydrogen (secondary N) is 1. The van der Waals surface area contributed by atoms with Crippen molar-refractivity contribution in [3.05, 3.63) is 14.7 Å². The van der Waals surface area contributed by atoms with Crippen molar-refractivity contribution in [1.82, 2.24) is 4.72 Å². The van der Waals surface area contributed by atoms with Gasteiger partial charge in [0.15, 0.2) is 0 Å². The van der Waals surface area contributed by atoms with Gasteiger partial charge in [-0.2, -0.15) is 0 Å². The molecule has 3 N–H and O–H groups in total. The Morgan fingerprint density at radius 3 is 2.55 bits per heavy atom. The topological polar surface area (TPSA) is 72.2 Å². The summed E-state index contributed by atoms with van der Waals surface area (Å²) in [5.74, 6) is 0.377. The first kappa shape index (κ1) is 18.4. The molecule has 0 aromatic carbocycles. The number of aryl methyl sites for hydroxylation is 1. The molecule has 1 aliphatic carbocycles. The van der Waals surface area contributed by atoms with Gasteiger partial charge in [-0.3, -0.25) is 0 Å². The van der Waals surface area contributed by atoms with Crippen molar-refractivity contribution in [2.24, 2.45) is 11.7 Å². The zero-order chi connectivity index (χ0) is 14.0. The van der Waals surface area contributed by atoms with E-state index in [-0.39, 0.29) is 18.4 Å². The van der Waals surface area contributed by atoms with Gasteiger partial charge in [-0.05, 0) is 47.7 Å². The van der Waals surface area contributed by atoms with Crippen molar-refractivity contribution in [2.45, 2.75) is 43.5 Å². The normalized spacial score (nSPS) is 17.9. The predicted molar refractivity (Wildman–Crippen MR) is 89.1 cm³/mol. The van der Waals surface area contributed by atoms with Crippen LogP contribution in [0.5, 0.6) is 0 Å². The summed E-state index contributed by atoms with van der Waals surface area (Å²) in [4.78, 5) is 1.15. The zero-order valence-electron chi connectivity index (χ0n) is 11.3. The van der Waals surface area contributed by atoms with Gasteiger partial charge in [0.1, 0.15) is 0 Å². The van der Waals surface area contributed by atoms with Crippen molar-refractivity contribution in [3.63, 3.8) is 0 Å². The van der Waals surface area contributed by atoms with Gasteiger partial charge in [0.2, 0.25) is 10.0 Å². The fourth-order valence-corrected chi connectivity index (χ4v) is 6.39. The second kappa shape index (κ2) is 7.56. The number of thiophene rings is 1. The molecule has 1 aromatic heterocycles. The predicted octanol–water partition coefficient (Wildman–Crippen LogP) is 3.04. The molecule has 0 radical (unpaired) electrons. The number of halogens is 2. The third kappa shape index (κ3) is 4.18. The van der Waals surface area contributed by atoms with Crippen LogP contribution in [-0.2, 0) is 10.0 Å². The summed E-state index contributed by atoms with van der Waals surface area (Å²) < 4.78 is 28.4. The Morgan fingerprint density at radius 2 is 2.10 bits per heavy atom. The molecule has 116 valence electrons. The second-order valence-electron chi connectivity index (χ2n) is 4.98. The van der Waals surface area contributed by atoms with Gasteiger partial charge in [-0.15, -0.1) is 23.7 Å². The lowest BCUT2D eigenvalue weighted by Crippen LogP contribution is -2.44. The van der Waals surface area contributed by atoms with Crippen LogP contribution in [0.2, 0.25) is 0 Å². The highest BCUT2D eigenvalue weighted by atomic mass is 79.9. The Kier molecular flexibility index (Phi) is 6.95. The maximum Gasteiger partial charge on any atom is 0.242 e. The standard InChI is InChI=1S/C12H19BrN2O2S2.ClH/c1-8-11(6-12(13)18-8)19(16,17)15-10(7-14)9-4-2-3-5-9;/h6,9-10,15H,2-5,7,14H2,1H3;1H. The van der Waals surface area contributed by atoms with Crippen molar-refractivity contribution >= 4 is 49.7 Å². The molecule has 1 saturated carbocycles. The lowest BCUT2D eigenvalue weighted by molar-refractivity contribution is 0.405. The maximum atomic E-state index is 12.4. The molecule has 1 heterocycles. The fourth-order valence-electron chi connectivity index (χ4n) is 2.66. The summed E-state index contributed by atoms with van der Waals surface area (Å²) in [6.07, 6.45) is 4.48. The van der Waals surface area contributed by atoms with Crippen LogP contribution in [0.1, 0.15) is 30.6 Å². The molecule has 0 amide bonds. The Bertz CT molecular complexity index is 542. The molecule has 0 bridgehead atoms. The Morgan fingerprint density at radius 1 is 1.50 bits per heavy atom. The van der Waals surface area contributed by atoms with E-state index in [0.29, 0.717) is 17.4 Å². The molecule has 1 aromatic rings. The molecule has 0 aliphatic heterocycles. The smallest absolute Gasteiger partial charge is 0.242 e. The quantitative estimate of drug-likeness (QED) is 0.793. The third-order valence-corrected chi connectivity index (χ3v) is 6.96. The van der Waals surface area contributed by atoms with Crippen LogP contribution in [-0.4, -0.2) is 21.0 Å². The van der Waals surface area contributed by atoms with Crippen molar-refractivity contribution in [3.8, 4) is 0 Å². The molecule has 1 fully saturated rings. The number of sulfonamides is 1. The lowest BCUT2D eigenvalue weighted by Gasteiger charge is -2.22. The first-order valence-corrected chi connectivity index (χ1v) is 9.51. The minimum absolute atomic E-state index is 0. The van der Waals surface area contributed by atoms with E-state index in [1.807, 2.05) is 6.92 Å². The van der Waals surface area contributed by atoms with Crippen LogP contribution in [0.25, 0.3) is 0 Å². The molecule has 20 heavy (non-hydrogen) atoms. The van der Waals surface area contributed by atoms with Crippen LogP contribution in [0.4, 0.5) is 0 Å². The van der Waals surface area contributed by atoms with Gasteiger partial charge >= 0.3 is 0 Å². The van der Waals surface area contributed by atoms with Crippen LogP contribution in [0.3, 0.4) is 0 Å². The molecule has 8 heteroatoms. The molecular formula is C12H20BrClN2O2S2. The van der Waals surface area contributed by atoms with Gasteiger partial charge in [0, 0.05) is 17.5 Å². The molecule has 1 atom stereocenters. The van der Waals surface area contributed by atoms with Crippen molar-refractivity contribution in [1.29, 1.82) is 0 Å². The van der Waals surface area contributed by atoms with Gasteiger partial charge < -0.3 is 5.73 Å². The van der Waals surface area contributed by atoms with E-state index >= 15 is 0 Å². The summed E-state index contributed by atoms with van der Waals surface area (Å²) in [5.41, 5.74) is 5.75. The molecular weight excluding hydrogens is 384 g/mol. The van der Waals surface area contributed by atoms with E-state index in [2.05, 4.69) is 20.7 Å². The summed E-state index contributed by atoms with van der Waals surface area (Å²) in [6.45, 7) is 2.17. The fraction of sp³-hybridized carbons (Fsp3) is 0.667. The molecule has 1 unspecified atom stereocenters. The minimum Gasteiger partial charge on any atom is -0.329 e. The number of hydrogen-bond acceptors (Lipinski definition) is 4. The number of hydrogen-bond donors (Lipinski definition) is 2. The Hall–Kier alpha value is 0.340. The highest BCUT2D eigenvalue weighted by molar-refractivity contribution is 9.11. The van der Waals surface area contributed by atoms with E-state index in [4.69, 9.17) is 5.73 Å². The summed E-state index contributed by atoms with van der Waals surface area (Å²) in [7, 11) is -3.47. The minimum atomic E-state index is -3.47.